The lowest BCUT2D eigenvalue weighted by molar-refractivity contribution is -0.121. The third-order valence-electron chi connectivity index (χ3n) is 6.12. The summed E-state index contributed by atoms with van der Waals surface area (Å²) >= 11 is 0. The monoisotopic (exact) mass is 455 g/mol. The molecule has 34 heavy (non-hydrogen) atoms. The second-order valence-corrected chi connectivity index (χ2v) is 9.70. The lowest BCUT2D eigenvalue weighted by Gasteiger charge is -2.30. The molecular formula is C29H29NO4. The highest BCUT2D eigenvalue weighted by Crippen LogP contribution is 2.49. The minimum absolute atomic E-state index is 0.0481. The number of Topliss-reactive ketones (excluding diaryl/α,β-unsaturated/α-hetero) is 1. The molecule has 0 bridgehead atoms. The molecule has 0 N–H and O–H groups in total. The number of hydrogen-bond acceptors (Lipinski definition) is 4. The third-order valence-corrected chi connectivity index (χ3v) is 6.12. The van der Waals surface area contributed by atoms with Crippen molar-refractivity contribution in [3.05, 3.63) is 101 Å². The van der Waals surface area contributed by atoms with E-state index < -0.39 is 23.0 Å². The van der Waals surface area contributed by atoms with Crippen LogP contribution in [0.3, 0.4) is 0 Å². The Kier molecular flexibility index (Phi) is 6.13. The molecule has 3 aromatic carbocycles. The topological polar surface area (TPSA) is 63.7 Å². The summed E-state index contributed by atoms with van der Waals surface area (Å²) in [6.07, 6.45) is -0.327. The van der Waals surface area contributed by atoms with Crippen LogP contribution in [-0.2, 0) is 14.9 Å². The number of ether oxygens (including phenoxy) is 1. The third kappa shape index (κ3) is 4.26. The van der Waals surface area contributed by atoms with Gasteiger partial charge in [-0.3, -0.25) is 9.59 Å². The number of nitrogens with zero attached hydrogens (tertiary/aromatic N) is 1. The van der Waals surface area contributed by atoms with Crippen LogP contribution in [0.15, 0.2) is 78.9 Å². The first-order valence-electron chi connectivity index (χ1n) is 11.5. The zero-order valence-corrected chi connectivity index (χ0v) is 20.0. The maximum Gasteiger partial charge on any atom is 0.421 e. The molecule has 3 aromatic rings. The number of hydrogen-bond donors (Lipinski definition) is 0. The van der Waals surface area contributed by atoms with Crippen LogP contribution in [0.25, 0.3) is 0 Å². The standard InChI is InChI=1S/C29H29NO4/c1-20-14-16-22(17-15-20)29(19-18-25(31)21-10-6-5-7-11-21)23-12-8-9-13-24(23)30(26(29)32)27(33)34-28(2,3)4/h5-17H,18-19H2,1-4H3/t29-/m0/s1. The van der Waals surface area contributed by atoms with Crippen LogP contribution < -0.4 is 4.90 Å². The van der Waals surface area contributed by atoms with Crippen molar-refractivity contribution in [2.45, 2.75) is 51.6 Å². The summed E-state index contributed by atoms with van der Waals surface area (Å²) in [5.74, 6) is -0.444. The van der Waals surface area contributed by atoms with Crippen molar-refractivity contribution in [2.24, 2.45) is 0 Å². The Hall–Kier alpha value is -3.73. The molecule has 0 fully saturated rings. The van der Waals surface area contributed by atoms with Crippen LogP contribution in [-0.4, -0.2) is 23.4 Å². The fraction of sp³-hybridized carbons (Fsp3) is 0.276. The van der Waals surface area contributed by atoms with Crippen LogP contribution in [0.2, 0.25) is 0 Å². The Morgan fingerprint density at radius 1 is 0.882 bits per heavy atom. The molecule has 0 spiro atoms. The number of aryl methyl sites for hydroxylation is 1. The Bertz CT molecular complexity index is 1220. The molecular weight excluding hydrogens is 426 g/mol. The van der Waals surface area contributed by atoms with Gasteiger partial charge in [0.25, 0.3) is 5.91 Å². The first-order chi connectivity index (χ1) is 16.1. The maximum absolute atomic E-state index is 14.2. The van der Waals surface area contributed by atoms with Gasteiger partial charge in [-0.2, -0.15) is 0 Å². The maximum atomic E-state index is 14.2. The molecule has 5 heteroatoms. The molecule has 174 valence electrons. The van der Waals surface area contributed by atoms with Gasteiger partial charge in [0.05, 0.1) is 5.69 Å². The van der Waals surface area contributed by atoms with E-state index in [0.717, 1.165) is 16.0 Å². The van der Waals surface area contributed by atoms with Crippen molar-refractivity contribution in [3.63, 3.8) is 0 Å². The largest absolute Gasteiger partial charge is 0.443 e. The van der Waals surface area contributed by atoms with Gasteiger partial charge in [-0.25, -0.2) is 9.69 Å². The molecule has 0 radical (unpaired) electrons. The number of fused-ring (bicyclic) bond motifs is 1. The summed E-state index contributed by atoms with van der Waals surface area (Å²) in [7, 11) is 0. The Labute approximate surface area is 200 Å². The van der Waals surface area contributed by atoms with E-state index in [1.165, 1.54) is 0 Å². The predicted octanol–water partition coefficient (Wildman–Crippen LogP) is 6.23. The highest BCUT2D eigenvalue weighted by Gasteiger charge is 2.54. The van der Waals surface area contributed by atoms with Crippen molar-refractivity contribution in [1.82, 2.24) is 0 Å². The lowest BCUT2D eigenvalue weighted by atomic mass is 9.71. The quantitative estimate of drug-likeness (QED) is 0.428. The average Bonchev–Trinajstić information content (AvgIpc) is 3.06. The van der Waals surface area contributed by atoms with E-state index in [1.54, 1.807) is 45.0 Å². The summed E-state index contributed by atoms with van der Waals surface area (Å²) < 4.78 is 5.59. The molecule has 2 amide bonds. The van der Waals surface area contributed by atoms with Crippen molar-refractivity contribution < 1.29 is 19.1 Å². The molecule has 0 saturated carbocycles. The van der Waals surface area contributed by atoms with E-state index in [-0.39, 0.29) is 18.6 Å². The number of anilines is 1. The smallest absolute Gasteiger partial charge is 0.421 e. The van der Waals surface area contributed by atoms with Crippen molar-refractivity contribution >= 4 is 23.5 Å². The molecule has 0 aromatic heterocycles. The van der Waals surface area contributed by atoms with Crippen molar-refractivity contribution in [1.29, 1.82) is 0 Å². The number of imide groups is 1. The predicted molar refractivity (Wildman–Crippen MR) is 132 cm³/mol. The highest BCUT2D eigenvalue weighted by molar-refractivity contribution is 6.22. The van der Waals surface area contributed by atoms with E-state index >= 15 is 0 Å². The summed E-state index contributed by atoms with van der Waals surface area (Å²) in [4.78, 5) is 41.5. The number of rotatable bonds is 5. The van der Waals surface area contributed by atoms with E-state index in [9.17, 15) is 14.4 Å². The lowest BCUT2D eigenvalue weighted by Crippen LogP contribution is -2.46. The fourth-order valence-corrected chi connectivity index (χ4v) is 4.51. The van der Waals surface area contributed by atoms with Crippen LogP contribution in [0.4, 0.5) is 10.5 Å². The number of benzene rings is 3. The normalized spacial score (nSPS) is 17.4. The Balaban J connectivity index is 1.82. The van der Waals surface area contributed by atoms with Gasteiger partial charge in [0.1, 0.15) is 11.0 Å². The van der Waals surface area contributed by atoms with Crippen LogP contribution in [0, 0.1) is 6.92 Å². The van der Waals surface area contributed by atoms with Gasteiger partial charge in [0.15, 0.2) is 5.78 Å². The average molecular weight is 456 g/mol. The van der Waals surface area contributed by atoms with Gasteiger partial charge in [-0.15, -0.1) is 0 Å². The number of ketones is 1. The number of carbonyl (C=O) groups is 3. The highest BCUT2D eigenvalue weighted by atomic mass is 16.6. The first-order valence-corrected chi connectivity index (χ1v) is 11.5. The second kappa shape index (κ2) is 8.90. The molecule has 1 aliphatic rings. The summed E-state index contributed by atoms with van der Waals surface area (Å²) in [6.45, 7) is 7.28. The van der Waals surface area contributed by atoms with E-state index in [0.29, 0.717) is 16.8 Å². The molecule has 0 saturated heterocycles. The number of para-hydroxylation sites is 1. The van der Waals surface area contributed by atoms with E-state index in [4.69, 9.17) is 4.74 Å². The van der Waals surface area contributed by atoms with Gasteiger partial charge in [0.2, 0.25) is 0 Å². The van der Waals surface area contributed by atoms with Crippen molar-refractivity contribution in [2.75, 3.05) is 4.90 Å². The second-order valence-electron chi connectivity index (χ2n) is 9.70. The van der Waals surface area contributed by atoms with Gasteiger partial charge in [-0.05, 0) is 51.3 Å². The summed E-state index contributed by atoms with van der Waals surface area (Å²) in [5, 5.41) is 0. The first kappa shape index (κ1) is 23.4. The zero-order chi connectivity index (χ0) is 24.5. The van der Waals surface area contributed by atoms with Gasteiger partial charge in [-0.1, -0.05) is 78.4 Å². The summed E-state index contributed by atoms with van der Waals surface area (Å²) in [5.41, 5.74) is 1.68. The minimum atomic E-state index is -1.17. The molecule has 4 rings (SSSR count). The van der Waals surface area contributed by atoms with Gasteiger partial charge < -0.3 is 4.74 Å². The van der Waals surface area contributed by atoms with Crippen molar-refractivity contribution in [3.8, 4) is 0 Å². The molecule has 1 heterocycles. The van der Waals surface area contributed by atoms with Crippen LogP contribution in [0.1, 0.15) is 60.7 Å². The molecule has 0 unspecified atom stereocenters. The van der Waals surface area contributed by atoms with E-state index in [1.807, 2.05) is 61.5 Å². The van der Waals surface area contributed by atoms with Gasteiger partial charge >= 0.3 is 6.09 Å². The zero-order valence-electron chi connectivity index (χ0n) is 20.0. The van der Waals surface area contributed by atoms with Gasteiger partial charge in [0, 0.05) is 12.0 Å². The number of carbonyl (C=O) groups excluding carboxylic acids is 3. The number of amides is 2. The Morgan fingerprint density at radius 3 is 2.15 bits per heavy atom. The SMILES string of the molecule is Cc1ccc([C@]2(CCC(=O)c3ccccc3)C(=O)N(C(=O)OC(C)(C)C)c3ccccc32)cc1. The molecule has 1 aliphatic heterocycles. The summed E-state index contributed by atoms with van der Waals surface area (Å²) in [6, 6.07) is 24.0. The minimum Gasteiger partial charge on any atom is -0.443 e. The fourth-order valence-electron chi connectivity index (χ4n) is 4.51. The van der Waals surface area contributed by atoms with Crippen LogP contribution >= 0.6 is 0 Å². The molecule has 0 aliphatic carbocycles. The van der Waals surface area contributed by atoms with E-state index in [2.05, 4.69) is 0 Å². The Morgan fingerprint density at radius 2 is 1.50 bits per heavy atom. The molecule has 5 nitrogen and oxygen atoms in total. The van der Waals surface area contributed by atoms with Crippen LogP contribution in [0.5, 0.6) is 0 Å². The molecule has 1 atom stereocenters.